The van der Waals surface area contributed by atoms with Crippen LogP contribution < -0.4 is 5.32 Å². The Kier molecular flexibility index (Phi) is 3.81. The van der Waals surface area contributed by atoms with Crippen molar-refractivity contribution in [1.29, 1.82) is 0 Å². The van der Waals surface area contributed by atoms with Crippen LogP contribution in [0.4, 0.5) is 0 Å². The van der Waals surface area contributed by atoms with Crippen LogP contribution >= 0.6 is 0 Å². The fraction of sp³-hybridized carbons (Fsp3) is 0.300. The first kappa shape index (κ1) is 14.9. The fourth-order valence-electron chi connectivity index (χ4n) is 2.99. The number of pyridine rings is 1. The molecule has 2 aromatic heterocycles. The normalized spacial score (nSPS) is 14.0. The van der Waals surface area contributed by atoms with Crippen molar-refractivity contribution < 1.29 is 4.79 Å². The molecule has 24 heavy (non-hydrogen) atoms. The molecule has 2 heterocycles. The molecule has 0 bridgehead atoms. The molecule has 0 spiro atoms. The average Bonchev–Trinajstić information content (AvgIpc) is 3.34. The van der Waals surface area contributed by atoms with Crippen LogP contribution in [0.1, 0.15) is 25.3 Å². The summed E-state index contributed by atoms with van der Waals surface area (Å²) < 4.78 is 1.98. The summed E-state index contributed by atoms with van der Waals surface area (Å²) >= 11 is 0. The third kappa shape index (κ3) is 3.04. The molecule has 0 aliphatic heterocycles. The lowest BCUT2D eigenvalue weighted by Crippen LogP contribution is -2.29. The molecule has 1 aromatic carbocycles. The monoisotopic (exact) mass is 319 g/mol. The van der Waals surface area contributed by atoms with Crippen LogP contribution in [0.25, 0.3) is 22.2 Å². The van der Waals surface area contributed by atoms with E-state index in [0.29, 0.717) is 12.6 Å². The van der Waals surface area contributed by atoms with Crippen molar-refractivity contribution in [3.63, 3.8) is 0 Å². The number of carbonyl (C=O) groups is 1. The Labute approximate surface area is 141 Å². The highest BCUT2D eigenvalue weighted by molar-refractivity contribution is 5.84. The van der Waals surface area contributed by atoms with Crippen molar-refractivity contribution in [1.82, 2.24) is 14.9 Å². The highest BCUT2D eigenvalue weighted by atomic mass is 16.2. The molecule has 1 N–H and O–H groups in total. The first-order valence-corrected chi connectivity index (χ1v) is 8.56. The van der Waals surface area contributed by atoms with Gasteiger partial charge < -0.3 is 9.88 Å². The molecule has 1 aliphatic carbocycles. The summed E-state index contributed by atoms with van der Waals surface area (Å²) in [5.41, 5.74) is 5.48. The molecule has 0 unspecified atom stereocenters. The van der Waals surface area contributed by atoms with E-state index in [4.69, 9.17) is 0 Å². The van der Waals surface area contributed by atoms with Crippen LogP contribution in [0.5, 0.6) is 0 Å². The van der Waals surface area contributed by atoms with Gasteiger partial charge in [0.05, 0.1) is 11.0 Å². The minimum atomic E-state index is 0.0772. The van der Waals surface area contributed by atoms with E-state index < -0.39 is 0 Å². The van der Waals surface area contributed by atoms with Gasteiger partial charge in [0.15, 0.2) is 0 Å². The second-order valence-electron chi connectivity index (χ2n) is 6.47. The number of fused-ring (bicyclic) bond motifs is 1. The minimum Gasteiger partial charge on any atom is -0.352 e. The van der Waals surface area contributed by atoms with E-state index in [2.05, 4.69) is 47.6 Å². The smallest absolute Gasteiger partial charge is 0.240 e. The van der Waals surface area contributed by atoms with Crippen molar-refractivity contribution >= 4 is 16.9 Å². The topological polar surface area (TPSA) is 46.9 Å². The van der Waals surface area contributed by atoms with E-state index in [1.54, 1.807) is 0 Å². The molecule has 3 aromatic rings. The molecular formula is C20H21N3O. The quantitative estimate of drug-likeness (QED) is 0.782. The van der Waals surface area contributed by atoms with Gasteiger partial charge in [-0.15, -0.1) is 0 Å². The molecule has 4 rings (SSSR count). The van der Waals surface area contributed by atoms with Crippen LogP contribution in [-0.4, -0.2) is 21.5 Å². The Hall–Kier alpha value is -2.62. The second kappa shape index (κ2) is 6.11. The van der Waals surface area contributed by atoms with Crippen molar-refractivity contribution in [3.8, 4) is 11.1 Å². The van der Waals surface area contributed by atoms with Gasteiger partial charge >= 0.3 is 0 Å². The Morgan fingerprint density at radius 2 is 2.12 bits per heavy atom. The van der Waals surface area contributed by atoms with Gasteiger partial charge in [0.25, 0.3) is 0 Å². The van der Waals surface area contributed by atoms with Gasteiger partial charge in [0, 0.05) is 24.0 Å². The van der Waals surface area contributed by atoms with Crippen LogP contribution in [0, 0.1) is 0 Å². The Morgan fingerprint density at radius 1 is 1.25 bits per heavy atom. The van der Waals surface area contributed by atoms with Crippen molar-refractivity contribution in [3.05, 3.63) is 54.4 Å². The van der Waals surface area contributed by atoms with E-state index in [-0.39, 0.29) is 5.91 Å². The first-order chi connectivity index (χ1) is 11.7. The molecule has 4 heteroatoms. The number of rotatable bonds is 5. The number of benzene rings is 1. The lowest BCUT2D eigenvalue weighted by Gasteiger charge is -2.08. The van der Waals surface area contributed by atoms with Gasteiger partial charge in [-0.3, -0.25) is 9.78 Å². The predicted molar refractivity (Wildman–Crippen MR) is 95.7 cm³/mol. The van der Waals surface area contributed by atoms with Gasteiger partial charge in [-0.25, -0.2) is 0 Å². The lowest BCUT2D eigenvalue weighted by molar-refractivity contribution is -0.121. The highest BCUT2D eigenvalue weighted by Gasteiger charge is 2.23. The molecule has 1 saturated carbocycles. The van der Waals surface area contributed by atoms with E-state index in [1.807, 2.05) is 23.0 Å². The van der Waals surface area contributed by atoms with Crippen LogP contribution in [-0.2, 0) is 17.8 Å². The van der Waals surface area contributed by atoms with Gasteiger partial charge in [-0.2, -0.15) is 0 Å². The average molecular weight is 319 g/mol. The van der Waals surface area contributed by atoms with E-state index in [9.17, 15) is 4.79 Å². The third-order valence-corrected chi connectivity index (χ3v) is 4.54. The number of hydrogen-bond acceptors (Lipinski definition) is 2. The van der Waals surface area contributed by atoms with Gasteiger partial charge in [0.2, 0.25) is 5.91 Å². The molecule has 0 atom stereocenters. The zero-order chi connectivity index (χ0) is 16.5. The maximum atomic E-state index is 12.1. The zero-order valence-corrected chi connectivity index (χ0v) is 13.8. The molecule has 1 fully saturated rings. The van der Waals surface area contributed by atoms with Gasteiger partial charge in [-0.05, 0) is 42.5 Å². The third-order valence-electron chi connectivity index (χ3n) is 4.54. The minimum absolute atomic E-state index is 0.0772. The van der Waals surface area contributed by atoms with Crippen molar-refractivity contribution in [2.24, 2.45) is 0 Å². The number of carbonyl (C=O) groups excluding carboxylic acids is 1. The first-order valence-electron chi connectivity index (χ1n) is 8.56. The van der Waals surface area contributed by atoms with Crippen LogP contribution in [0.3, 0.4) is 0 Å². The number of aromatic nitrogens is 2. The van der Waals surface area contributed by atoms with Gasteiger partial charge in [-0.1, -0.05) is 31.2 Å². The number of hydrogen-bond donors (Lipinski definition) is 1. The lowest BCUT2D eigenvalue weighted by atomic mass is 10.0. The standard InChI is InChI=1S/C20H21N3O/c1-2-14-4-3-5-15(10-14)16-11-19-18(21-12-16)8-9-23(19)13-20(24)22-17-6-7-17/h3-5,8-12,17H,2,6-7,13H2,1H3,(H,22,24). The molecule has 122 valence electrons. The van der Waals surface area contributed by atoms with Crippen LogP contribution in [0.2, 0.25) is 0 Å². The summed E-state index contributed by atoms with van der Waals surface area (Å²) in [7, 11) is 0. The van der Waals surface area contributed by atoms with Crippen molar-refractivity contribution in [2.45, 2.75) is 38.8 Å². The summed E-state index contributed by atoms with van der Waals surface area (Å²) in [5, 5.41) is 3.04. The number of aryl methyl sites for hydroxylation is 1. The SMILES string of the molecule is CCc1cccc(-c2cnc3ccn(CC(=O)NC4CC4)c3c2)c1. The van der Waals surface area contributed by atoms with E-state index in [1.165, 1.54) is 11.1 Å². The maximum absolute atomic E-state index is 12.1. The molecule has 0 saturated heterocycles. The molecule has 4 nitrogen and oxygen atoms in total. The van der Waals surface area contributed by atoms with E-state index >= 15 is 0 Å². The number of nitrogens with one attached hydrogen (secondary N) is 1. The maximum Gasteiger partial charge on any atom is 0.240 e. The predicted octanol–water partition coefficient (Wildman–Crippen LogP) is 3.54. The molecule has 1 amide bonds. The molecule has 0 radical (unpaired) electrons. The summed E-state index contributed by atoms with van der Waals surface area (Å²) in [4.78, 5) is 16.7. The van der Waals surface area contributed by atoms with E-state index in [0.717, 1.165) is 35.9 Å². The summed E-state index contributed by atoms with van der Waals surface area (Å²) in [5.74, 6) is 0.0772. The summed E-state index contributed by atoms with van der Waals surface area (Å²) in [6.45, 7) is 2.50. The Morgan fingerprint density at radius 3 is 2.92 bits per heavy atom. The fourth-order valence-corrected chi connectivity index (χ4v) is 2.99. The largest absolute Gasteiger partial charge is 0.352 e. The number of amides is 1. The summed E-state index contributed by atoms with van der Waals surface area (Å²) in [6.07, 6.45) is 7.08. The second-order valence-corrected chi connectivity index (χ2v) is 6.47. The van der Waals surface area contributed by atoms with Gasteiger partial charge in [0.1, 0.15) is 6.54 Å². The van der Waals surface area contributed by atoms with Crippen molar-refractivity contribution in [2.75, 3.05) is 0 Å². The Bertz CT molecular complexity index is 893. The molecule has 1 aliphatic rings. The highest BCUT2D eigenvalue weighted by Crippen LogP contribution is 2.24. The number of nitrogens with zero attached hydrogens (tertiary/aromatic N) is 2. The zero-order valence-electron chi connectivity index (χ0n) is 13.8. The Balaban J connectivity index is 1.65. The van der Waals surface area contributed by atoms with Crippen LogP contribution in [0.15, 0.2) is 48.8 Å². The molecular weight excluding hydrogens is 298 g/mol. The summed E-state index contributed by atoms with van der Waals surface area (Å²) in [6, 6.07) is 13.0.